The maximum atomic E-state index is 14.7. The lowest BCUT2D eigenvalue weighted by molar-refractivity contribution is -0.154. The smallest absolute Gasteiger partial charge is 0.249 e. The summed E-state index contributed by atoms with van der Waals surface area (Å²) in [6.45, 7) is 6.79. The summed E-state index contributed by atoms with van der Waals surface area (Å²) >= 11 is 0. The third kappa shape index (κ3) is 6.70. The number of nitrogens with one attached hydrogen (secondary N) is 1. The van der Waals surface area contributed by atoms with Crippen molar-refractivity contribution in [1.82, 2.24) is 10.2 Å². The minimum absolute atomic E-state index is 0.000900. The zero-order chi connectivity index (χ0) is 35.3. The minimum atomic E-state index is -1.14. The van der Waals surface area contributed by atoms with Crippen LogP contribution in [0.4, 0.5) is 0 Å². The van der Waals surface area contributed by atoms with E-state index in [2.05, 4.69) is 26.1 Å². The van der Waals surface area contributed by atoms with E-state index in [1.807, 2.05) is 4.90 Å². The molecule has 8 rings (SSSR count). The lowest BCUT2D eigenvalue weighted by atomic mass is 9.49. The molecule has 0 radical (unpaired) electrons. The number of aliphatic hydroxyl groups is 3. The molecule has 5 saturated carbocycles. The summed E-state index contributed by atoms with van der Waals surface area (Å²) in [7, 11) is 1.52. The molecular formula is C40H58N2O8. The zero-order valence-corrected chi connectivity index (χ0v) is 30.3. The molecule has 0 saturated heterocycles. The predicted octanol–water partition coefficient (Wildman–Crippen LogP) is 4.33. The SMILES string of the molecule is COc1cc(CO)cc2c1O[C@@H]1[C@@H](O)[C@H](N(CC34CC5CC(CC(C5)C3)C4)C(=O)CO[C@H]3C[C@@H](C)CC[C@@H]3C(C)C)C=C(C(=O)NCCO)[C@H]21. The number of amides is 2. The monoisotopic (exact) mass is 694 g/mol. The van der Waals surface area contributed by atoms with Gasteiger partial charge in [0, 0.05) is 24.2 Å². The number of methoxy groups -OCH3 is 1. The van der Waals surface area contributed by atoms with Crippen molar-refractivity contribution >= 4 is 11.8 Å². The highest BCUT2D eigenvalue weighted by Gasteiger charge is 2.55. The molecule has 6 aliphatic carbocycles. The average Bonchev–Trinajstić information content (AvgIpc) is 3.48. The van der Waals surface area contributed by atoms with E-state index in [1.165, 1.54) is 32.8 Å². The molecule has 0 spiro atoms. The zero-order valence-electron chi connectivity index (χ0n) is 30.3. The summed E-state index contributed by atoms with van der Waals surface area (Å²) in [5, 5.41) is 34.7. The number of hydrogen-bond donors (Lipinski definition) is 4. The first-order valence-electron chi connectivity index (χ1n) is 19.2. The summed E-state index contributed by atoms with van der Waals surface area (Å²) < 4.78 is 18.7. The Bertz CT molecular complexity index is 1420. The first-order valence-corrected chi connectivity index (χ1v) is 19.2. The summed E-state index contributed by atoms with van der Waals surface area (Å²) in [6.07, 6.45) is 10.1. The van der Waals surface area contributed by atoms with Gasteiger partial charge < -0.3 is 39.7 Å². The van der Waals surface area contributed by atoms with Crippen LogP contribution in [0.3, 0.4) is 0 Å². The van der Waals surface area contributed by atoms with E-state index < -0.39 is 24.2 Å². The largest absolute Gasteiger partial charge is 0.493 e. The molecule has 4 bridgehead atoms. The molecule has 0 aromatic heterocycles. The van der Waals surface area contributed by atoms with Crippen molar-refractivity contribution < 1.29 is 39.1 Å². The Morgan fingerprint density at radius 2 is 1.76 bits per heavy atom. The van der Waals surface area contributed by atoms with Gasteiger partial charge in [0.2, 0.25) is 11.8 Å². The summed E-state index contributed by atoms with van der Waals surface area (Å²) in [5.74, 6) is 3.07. The highest BCUT2D eigenvalue weighted by Crippen LogP contribution is 2.60. The van der Waals surface area contributed by atoms with Gasteiger partial charge in [0.05, 0.1) is 38.4 Å². The second kappa shape index (κ2) is 14.4. The second-order valence-electron chi connectivity index (χ2n) is 17.1. The number of carbonyl (C=O) groups excluding carboxylic acids is 2. The van der Waals surface area contributed by atoms with Crippen LogP contribution in [0.2, 0.25) is 0 Å². The lowest BCUT2D eigenvalue weighted by Crippen LogP contribution is -2.60. The van der Waals surface area contributed by atoms with E-state index in [0.717, 1.165) is 32.1 Å². The quantitative estimate of drug-likeness (QED) is 0.254. The van der Waals surface area contributed by atoms with Crippen LogP contribution in [0.15, 0.2) is 23.8 Å². The van der Waals surface area contributed by atoms with Crippen LogP contribution in [0.1, 0.15) is 95.6 Å². The minimum Gasteiger partial charge on any atom is -0.493 e. The number of fused-ring (bicyclic) bond motifs is 3. The highest BCUT2D eigenvalue weighted by atomic mass is 16.5. The van der Waals surface area contributed by atoms with Gasteiger partial charge in [0.1, 0.15) is 18.8 Å². The van der Waals surface area contributed by atoms with Gasteiger partial charge in [-0.1, -0.05) is 27.2 Å². The van der Waals surface area contributed by atoms with Crippen LogP contribution in [0.25, 0.3) is 0 Å². The van der Waals surface area contributed by atoms with E-state index in [0.29, 0.717) is 70.3 Å². The van der Waals surface area contributed by atoms with Gasteiger partial charge in [-0.2, -0.15) is 0 Å². The Kier molecular flexibility index (Phi) is 10.3. The van der Waals surface area contributed by atoms with Crippen LogP contribution in [-0.2, 0) is 20.9 Å². The molecule has 10 heteroatoms. The Morgan fingerprint density at radius 1 is 1.06 bits per heavy atom. The first kappa shape index (κ1) is 35.7. The van der Waals surface area contributed by atoms with E-state index in [4.69, 9.17) is 14.2 Å². The Balaban J connectivity index is 1.25. The van der Waals surface area contributed by atoms with Crippen LogP contribution in [0, 0.1) is 40.9 Å². The fraction of sp³-hybridized carbons (Fsp3) is 0.750. The number of aliphatic hydroxyl groups excluding tert-OH is 3. The topological polar surface area (TPSA) is 138 Å². The van der Waals surface area contributed by atoms with E-state index in [-0.39, 0.29) is 49.7 Å². The van der Waals surface area contributed by atoms with Gasteiger partial charge in [-0.25, -0.2) is 0 Å². The van der Waals surface area contributed by atoms with E-state index >= 15 is 0 Å². The molecule has 1 aliphatic heterocycles. The molecule has 1 aromatic rings. The maximum absolute atomic E-state index is 14.7. The molecule has 7 atom stereocenters. The third-order valence-corrected chi connectivity index (χ3v) is 13.2. The van der Waals surface area contributed by atoms with Gasteiger partial charge in [-0.05, 0) is 116 Å². The van der Waals surface area contributed by atoms with Crippen LogP contribution >= 0.6 is 0 Å². The fourth-order valence-electron chi connectivity index (χ4n) is 11.4. The molecule has 50 heavy (non-hydrogen) atoms. The van der Waals surface area contributed by atoms with Crippen LogP contribution in [0.5, 0.6) is 11.5 Å². The molecule has 5 fully saturated rings. The second-order valence-corrected chi connectivity index (χ2v) is 17.1. The molecule has 4 N–H and O–H groups in total. The van der Waals surface area contributed by atoms with Crippen molar-refractivity contribution in [3.8, 4) is 11.5 Å². The standard InChI is InChI=1S/C40H58N2O8/c1-22(2)28-6-5-23(3)9-32(28)49-20-34(45)42(21-40-16-24-10-25(17-40)12-26(11-24)18-40)31-15-30(39(47)41-7-8-43)35-29-13-27(19-44)14-33(48-4)37(29)50-38(35)36(31)46/h13-15,22-26,28,31-32,35-36,38,43-44,46H,5-12,16-21H2,1-4H3,(H,41,47)/t23-,24?,25?,26?,28+,31+,32-,35-,36-,38-,40?/m0/s1. The molecule has 2 amide bonds. The van der Waals surface area contributed by atoms with Gasteiger partial charge in [-0.3, -0.25) is 9.59 Å². The fourth-order valence-corrected chi connectivity index (χ4v) is 11.4. The average molecular weight is 695 g/mol. The molecule has 1 heterocycles. The number of rotatable bonds is 12. The van der Waals surface area contributed by atoms with Gasteiger partial charge in [0.25, 0.3) is 0 Å². The number of hydrogen-bond acceptors (Lipinski definition) is 8. The van der Waals surface area contributed by atoms with Crippen molar-refractivity contribution in [2.24, 2.45) is 40.9 Å². The first-order chi connectivity index (χ1) is 24.0. The number of nitrogens with zero attached hydrogens (tertiary/aromatic N) is 1. The number of ether oxygens (including phenoxy) is 3. The number of carbonyl (C=O) groups is 2. The molecule has 0 unspecified atom stereocenters. The van der Waals surface area contributed by atoms with Crippen molar-refractivity contribution in [1.29, 1.82) is 0 Å². The summed E-state index contributed by atoms with van der Waals surface area (Å²) in [6, 6.07) is 2.68. The molecular weight excluding hydrogens is 636 g/mol. The van der Waals surface area contributed by atoms with E-state index in [9.17, 15) is 24.9 Å². The molecule has 10 nitrogen and oxygen atoms in total. The summed E-state index contributed by atoms with van der Waals surface area (Å²) in [5.41, 5.74) is 1.60. The molecule has 7 aliphatic rings. The van der Waals surface area contributed by atoms with Crippen molar-refractivity contribution in [2.45, 2.75) is 115 Å². The normalized spacial score (nSPS) is 36.8. The van der Waals surface area contributed by atoms with Crippen LogP contribution < -0.4 is 14.8 Å². The number of benzene rings is 1. The van der Waals surface area contributed by atoms with Crippen molar-refractivity contribution in [2.75, 3.05) is 33.4 Å². The maximum Gasteiger partial charge on any atom is 0.249 e. The van der Waals surface area contributed by atoms with Crippen molar-refractivity contribution in [3.05, 3.63) is 34.9 Å². The molecule has 276 valence electrons. The van der Waals surface area contributed by atoms with Gasteiger partial charge in [-0.15, -0.1) is 0 Å². The van der Waals surface area contributed by atoms with Crippen LogP contribution in [-0.4, -0.2) is 89.8 Å². The van der Waals surface area contributed by atoms with Gasteiger partial charge >= 0.3 is 0 Å². The van der Waals surface area contributed by atoms with Gasteiger partial charge in [0.15, 0.2) is 11.5 Å². The Hall–Kier alpha value is -2.66. The third-order valence-electron chi connectivity index (χ3n) is 13.2. The Labute approximate surface area is 296 Å². The van der Waals surface area contributed by atoms with E-state index in [1.54, 1.807) is 18.2 Å². The predicted molar refractivity (Wildman–Crippen MR) is 187 cm³/mol. The Morgan fingerprint density at radius 3 is 2.38 bits per heavy atom. The molecule has 1 aromatic carbocycles. The lowest BCUT2D eigenvalue weighted by Gasteiger charge is -2.58. The highest BCUT2D eigenvalue weighted by molar-refractivity contribution is 5.96. The summed E-state index contributed by atoms with van der Waals surface area (Å²) in [4.78, 5) is 30.4. The van der Waals surface area contributed by atoms with Crippen molar-refractivity contribution in [3.63, 3.8) is 0 Å².